The number of urea groups is 1. The Balaban J connectivity index is 2.39. The number of aliphatic carboxylic acids is 1. The molecule has 0 aliphatic carbocycles. The van der Waals surface area contributed by atoms with E-state index in [1.807, 2.05) is 0 Å². The lowest BCUT2D eigenvalue weighted by Gasteiger charge is -2.20. The zero-order valence-electron chi connectivity index (χ0n) is 9.07. The van der Waals surface area contributed by atoms with Gasteiger partial charge in [0, 0.05) is 18.3 Å². The minimum absolute atomic E-state index is 0.290. The summed E-state index contributed by atoms with van der Waals surface area (Å²) < 4.78 is 0. The number of amides is 2. The second-order valence-corrected chi connectivity index (χ2v) is 3.84. The lowest BCUT2D eigenvalue weighted by molar-refractivity contribution is -0.142. The summed E-state index contributed by atoms with van der Waals surface area (Å²) >= 11 is 0. The van der Waals surface area contributed by atoms with Crippen molar-refractivity contribution in [2.75, 3.05) is 0 Å². The number of carboxylic acid groups (broad SMARTS) is 1. The van der Waals surface area contributed by atoms with Crippen molar-refractivity contribution < 1.29 is 14.7 Å². The number of nitrogens with one attached hydrogen (secondary N) is 3. The standard InChI is InChI=1S/C9H14N4O3/c1-9(2,7(14)15)13-8(16)10-3-6-4-11-12-5-6/h4-5H,3H2,1-2H3,(H,11,12)(H,14,15)(H2,10,13,16). The zero-order valence-corrected chi connectivity index (χ0v) is 9.07. The highest BCUT2D eigenvalue weighted by Gasteiger charge is 2.28. The Morgan fingerprint density at radius 1 is 1.56 bits per heavy atom. The molecule has 0 bridgehead atoms. The van der Waals surface area contributed by atoms with Gasteiger partial charge in [0.25, 0.3) is 0 Å². The van der Waals surface area contributed by atoms with E-state index in [0.717, 1.165) is 5.56 Å². The van der Waals surface area contributed by atoms with Crippen LogP contribution in [-0.2, 0) is 11.3 Å². The zero-order chi connectivity index (χ0) is 12.2. The van der Waals surface area contributed by atoms with Gasteiger partial charge < -0.3 is 15.7 Å². The summed E-state index contributed by atoms with van der Waals surface area (Å²) in [5, 5.41) is 20.0. The number of carbonyl (C=O) groups is 2. The van der Waals surface area contributed by atoms with Gasteiger partial charge in [0.15, 0.2) is 0 Å². The summed E-state index contributed by atoms with van der Waals surface area (Å²) in [4.78, 5) is 22.1. The van der Waals surface area contributed by atoms with Crippen LogP contribution in [0.4, 0.5) is 4.79 Å². The van der Waals surface area contributed by atoms with E-state index in [4.69, 9.17) is 5.11 Å². The van der Waals surface area contributed by atoms with Crippen molar-refractivity contribution in [2.45, 2.75) is 25.9 Å². The summed E-state index contributed by atoms with van der Waals surface area (Å²) in [5.74, 6) is -1.09. The van der Waals surface area contributed by atoms with Crippen LogP contribution in [-0.4, -0.2) is 32.8 Å². The number of carbonyl (C=O) groups excluding carboxylic acids is 1. The molecule has 1 aromatic heterocycles. The van der Waals surface area contributed by atoms with Crippen LogP contribution >= 0.6 is 0 Å². The Bertz CT molecular complexity index is 372. The maximum atomic E-state index is 11.3. The average molecular weight is 226 g/mol. The van der Waals surface area contributed by atoms with Crippen LogP contribution in [0.25, 0.3) is 0 Å². The monoisotopic (exact) mass is 226 g/mol. The number of aromatic amines is 1. The number of hydrogen-bond acceptors (Lipinski definition) is 3. The number of rotatable bonds is 4. The average Bonchev–Trinajstić information content (AvgIpc) is 2.66. The molecular formula is C9H14N4O3. The van der Waals surface area contributed by atoms with E-state index >= 15 is 0 Å². The molecule has 1 rings (SSSR count). The molecule has 0 aliphatic rings. The molecule has 7 nitrogen and oxygen atoms in total. The number of aromatic nitrogens is 2. The molecule has 0 radical (unpaired) electrons. The largest absolute Gasteiger partial charge is 0.480 e. The predicted molar refractivity (Wildman–Crippen MR) is 55.7 cm³/mol. The maximum absolute atomic E-state index is 11.3. The summed E-state index contributed by atoms with van der Waals surface area (Å²) in [6.45, 7) is 3.11. The molecule has 0 saturated heterocycles. The Morgan fingerprint density at radius 3 is 2.75 bits per heavy atom. The van der Waals surface area contributed by atoms with Crippen LogP contribution in [0.1, 0.15) is 19.4 Å². The number of H-pyrrole nitrogens is 1. The molecule has 7 heteroatoms. The van der Waals surface area contributed by atoms with Gasteiger partial charge in [0.05, 0.1) is 6.20 Å². The Labute approximate surface area is 92.2 Å². The lowest BCUT2D eigenvalue weighted by atomic mass is 10.1. The molecule has 88 valence electrons. The molecule has 16 heavy (non-hydrogen) atoms. The fourth-order valence-electron chi connectivity index (χ4n) is 0.938. The van der Waals surface area contributed by atoms with Gasteiger partial charge in [-0.25, -0.2) is 9.59 Å². The molecular weight excluding hydrogens is 212 g/mol. The second-order valence-electron chi connectivity index (χ2n) is 3.84. The summed E-state index contributed by atoms with van der Waals surface area (Å²) in [6, 6.07) is -0.534. The second kappa shape index (κ2) is 4.65. The van der Waals surface area contributed by atoms with Gasteiger partial charge in [-0.1, -0.05) is 0 Å². The highest BCUT2D eigenvalue weighted by atomic mass is 16.4. The minimum atomic E-state index is -1.29. The van der Waals surface area contributed by atoms with Gasteiger partial charge >= 0.3 is 12.0 Å². The van der Waals surface area contributed by atoms with Gasteiger partial charge in [-0.2, -0.15) is 5.10 Å². The van der Waals surface area contributed by atoms with Crippen molar-refractivity contribution in [1.82, 2.24) is 20.8 Å². The fourth-order valence-corrected chi connectivity index (χ4v) is 0.938. The summed E-state index contributed by atoms with van der Waals surface area (Å²) in [5.41, 5.74) is -0.483. The third-order valence-corrected chi connectivity index (χ3v) is 1.97. The van der Waals surface area contributed by atoms with Crippen LogP contribution in [0, 0.1) is 0 Å². The first kappa shape index (κ1) is 12.0. The first-order valence-electron chi connectivity index (χ1n) is 4.69. The topological polar surface area (TPSA) is 107 Å². The summed E-state index contributed by atoms with van der Waals surface area (Å²) in [6.07, 6.45) is 3.21. The Hall–Kier alpha value is -2.05. The van der Waals surface area contributed by atoms with Crippen LogP contribution < -0.4 is 10.6 Å². The molecule has 0 aromatic carbocycles. The molecule has 1 aromatic rings. The first-order chi connectivity index (χ1) is 7.42. The predicted octanol–water partition coefficient (Wildman–Crippen LogP) is 0.0721. The van der Waals surface area contributed by atoms with Crippen LogP contribution in [0.3, 0.4) is 0 Å². The van der Waals surface area contributed by atoms with Crippen LogP contribution in [0.5, 0.6) is 0 Å². The normalized spacial score (nSPS) is 10.9. The van der Waals surface area contributed by atoms with Crippen LogP contribution in [0.15, 0.2) is 12.4 Å². The van der Waals surface area contributed by atoms with E-state index in [0.29, 0.717) is 0 Å². The molecule has 0 spiro atoms. The van der Waals surface area contributed by atoms with Crippen LogP contribution in [0.2, 0.25) is 0 Å². The molecule has 2 amide bonds. The first-order valence-corrected chi connectivity index (χ1v) is 4.69. The molecule has 0 unspecified atom stereocenters. The highest BCUT2D eigenvalue weighted by molar-refractivity contribution is 5.85. The van der Waals surface area contributed by atoms with Crippen molar-refractivity contribution in [2.24, 2.45) is 0 Å². The van der Waals surface area contributed by atoms with Crippen molar-refractivity contribution >= 4 is 12.0 Å². The highest BCUT2D eigenvalue weighted by Crippen LogP contribution is 2.01. The van der Waals surface area contributed by atoms with E-state index in [2.05, 4.69) is 20.8 Å². The fraction of sp³-hybridized carbons (Fsp3) is 0.444. The van der Waals surface area contributed by atoms with E-state index in [1.54, 1.807) is 12.4 Å². The van der Waals surface area contributed by atoms with Crippen molar-refractivity contribution in [3.8, 4) is 0 Å². The minimum Gasteiger partial charge on any atom is -0.480 e. The smallest absolute Gasteiger partial charge is 0.328 e. The molecule has 1 heterocycles. The molecule has 0 saturated carbocycles. The van der Waals surface area contributed by atoms with Crippen molar-refractivity contribution in [1.29, 1.82) is 0 Å². The number of carboxylic acids is 1. The lowest BCUT2D eigenvalue weighted by Crippen LogP contribution is -2.52. The van der Waals surface area contributed by atoms with Gasteiger partial charge in [-0.15, -0.1) is 0 Å². The molecule has 4 N–H and O–H groups in total. The molecule has 0 fully saturated rings. The Kier molecular flexibility index (Phi) is 3.49. The van der Waals surface area contributed by atoms with Gasteiger partial charge in [0.1, 0.15) is 5.54 Å². The van der Waals surface area contributed by atoms with Crippen molar-refractivity contribution in [3.05, 3.63) is 18.0 Å². The Morgan fingerprint density at radius 2 is 2.25 bits per heavy atom. The third kappa shape index (κ3) is 3.26. The van der Waals surface area contributed by atoms with Gasteiger partial charge in [-0.3, -0.25) is 5.10 Å². The number of nitrogens with zero attached hydrogens (tertiary/aromatic N) is 1. The van der Waals surface area contributed by atoms with E-state index in [1.165, 1.54) is 13.8 Å². The molecule has 0 aliphatic heterocycles. The van der Waals surface area contributed by atoms with Crippen molar-refractivity contribution in [3.63, 3.8) is 0 Å². The van der Waals surface area contributed by atoms with E-state index < -0.39 is 17.5 Å². The SMILES string of the molecule is CC(C)(NC(=O)NCc1cn[nH]c1)C(=O)O. The number of hydrogen-bond donors (Lipinski definition) is 4. The van der Waals surface area contributed by atoms with E-state index in [9.17, 15) is 9.59 Å². The maximum Gasteiger partial charge on any atom is 0.328 e. The van der Waals surface area contributed by atoms with Gasteiger partial charge in [0.2, 0.25) is 0 Å². The third-order valence-electron chi connectivity index (χ3n) is 1.97. The quantitative estimate of drug-likeness (QED) is 0.582. The van der Waals surface area contributed by atoms with E-state index in [-0.39, 0.29) is 6.54 Å². The molecule has 0 atom stereocenters. The van der Waals surface area contributed by atoms with Gasteiger partial charge in [-0.05, 0) is 13.8 Å². The summed E-state index contributed by atoms with van der Waals surface area (Å²) in [7, 11) is 0.